The van der Waals surface area contributed by atoms with Crippen molar-refractivity contribution in [1.82, 2.24) is 0 Å². The SMILES string of the molecule is Cc1cc(N=C=O)c(C)cc1N=C=O. The highest BCUT2D eigenvalue weighted by molar-refractivity contribution is 5.63. The number of rotatable bonds is 2. The van der Waals surface area contributed by atoms with Crippen LogP contribution in [0.2, 0.25) is 0 Å². The largest absolute Gasteiger partial charge is 0.240 e. The molecule has 70 valence electrons. The predicted molar refractivity (Wildman–Crippen MR) is 51.5 cm³/mol. The molecule has 0 spiro atoms. The summed E-state index contributed by atoms with van der Waals surface area (Å²) in [7, 11) is 0. The Morgan fingerprint density at radius 2 is 1.29 bits per heavy atom. The first kappa shape index (κ1) is 10.1. The normalized spacial score (nSPS) is 8.71. The lowest BCUT2D eigenvalue weighted by Crippen LogP contribution is -1.79. The van der Waals surface area contributed by atoms with Crippen LogP contribution in [0.15, 0.2) is 22.1 Å². The number of nitrogens with zero attached hydrogens (tertiary/aromatic N) is 2. The number of carbonyl (C=O) groups excluding carboxylic acids is 2. The fourth-order valence-corrected chi connectivity index (χ4v) is 1.12. The molecule has 0 saturated heterocycles. The van der Waals surface area contributed by atoms with Gasteiger partial charge in [-0.05, 0) is 37.1 Å². The van der Waals surface area contributed by atoms with Crippen molar-refractivity contribution in [3.63, 3.8) is 0 Å². The van der Waals surface area contributed by atoms with Gasteiger partial charge in [-0.1, -0.05) is 0 Å². The lowest BCUT2D eigenvalue weighted by Gasteiger charge is -2.02. The average Bonchev–Trinajstić information content (AvgIpc) is 2.14. The Morgan fingerprint density at radius 1 is 0.929 bits per heavy atom. The first-order chi connectivity index (χ1) is 6.69. The van der Waals surface area contributed by atoms with Crippen LogP contribution in [0, 0.1) is 13.8 Å². The summed E-state index contributed by atoms with van der Waals surface area (Å²) in [6, 6.07) is 3.35. The van der Waals surface area contributed by atoms with Crippen LogP contribution in [0.1, 0.15) is 11.1 Å². The number of aryl methyl sites for hydroxylation is 2. The van der Waals surface area contributed by atoms with Crippen molar-refractivity contribution in [3.8, 4) is 0 Å². The second-order valence-corrected chi connectivity index (χ2v) is 2.83. The summed E-state index contributed by atoms with van der Waals surface area (Å²) in [5, 5.41) is 0. The molecule has 0 aliphatic carbocycles. The van der Waals surface area contributed by atoms with Gasteiger partial charge in [0.15, 0.2) is 0 Å². The topological polar surface area (TPSA) is 58.9 Å². The van der Waals surface area contributed by atoms with Gasteiger partial charge in [0.1, 0.15) is 0 Å². The first-order valence-corrected chi connectivity index (χ1v) is 3.96. The van der Waals surface area contributed by atoms with Crippen molar-refractivity contribution < 1.29 is 9.59 Å². The molecule has 0 radical (unpaired) electrons. The Balaban J connectivity index is 3.37. The van der Waals surface area contributed by atoms with Crippen molar-refractivity contribution in [1.29, 1.82) is 0 Å². The minimum absolute atomic E-state index is 0.544. The van der Waals surface area contributed by atoms with Crippen LogP contribution in [0.3, 0.4) is 0 Å². The molecule has 0 fully saturated rings. The van der Waals surface area contributed by atoms with E-state index in [0.717, 1.165) is 11.1 Å². The molecule has 0 amide bonds. The van der Waals surface area contributed by atoms with E-state index in [1.54, 1.807) is 26.0 Å². The number of benzene rings is 1. The van der Waals surface area contributed by atoms with E-state index in [-0.39, 0.29) is 0 Å². The first-order valence-electron chi connectivity index (χ1n) is 3.96. The smallest absolute Gasteiger partial charge is 0.211 e. The maximum absolute atomic E-state index is 10.1. The molecule has 14 heavy (non-hydrogen) atoms. The monoisotopic (exact) mass is 188 g/mol. The summed E-state index contributed by atoms with van der Waals surface area (Å²) in [6.07, 6.45) is 2.94. The van der Waals surface area contributed by atoms with Crippen LogP contribution in [-0.4, -0.2) is 12.2 Å². The summed E-state index contributed by atoms with van der Waals surface area (Å²) in [4.78, 5) is 27.2. The summed E-state index contributed by atoms with van der Waals surface area (Å²) in [5.41, 5.74) is 2.63. The predicted octanol–water partition coefficient (Wildman–Crippen LogP) is 2.24. The summed E-state index contributed by atoms with van der Waals surface area (Å²) in [5.74, 6) is 0. The van der Waals surface area contributed by atoms with Crippen molar-refractivity contribution in [3.05, 3.63) is 23.3 Å². The fourth-order valence-electron chi connectivity index (χ4n) is 1.12. The van der Waals surface area contributed by atoms with Gasteiger partial charge in [0.05, 0.1) is 11.4 Å². The van der Waals surface area contributed by atoms with E-state index in [2.05, 4.69) is 9.98 Å². The number of hydrogen-bond acceptors (Lipinski definition) is 4. The lowest BCUT2D eigenvalue weighted by atomic mass is 10.1. The van der Waals surface area contributed by atoms with Gasteiger partial charge < -0.3 is 0 Å². The van der Waals surface area contributed by atoms with Crippen molar-refractivity contribution >= 4 is 23.5 Å². The third-order valence-corrected chi connectivity index (χ3v) is 1.85. The molecule has 0 aliphatic rings. The molecule has 4 heteroatoms. The molecular weight excluding hydrogens is 180 g/mol. The van der Waals surface area contributed by atoms with E-state index < -0.39 is 0 Å². The summed E-state index contributed by atoms with van der Waals surface area (Å²) in [6.45, 7) is 3.55. The molecule has 0 atom stereocenters. The standard InChI is InChI=1S/C10H8N2O2/c1-7-3-10(12-6-14)8(2)4-9(7)11-5-13/h3-4H,1-2H3. The van der Waals surface area contributed by atoms with Crippen molar-refractivity contribution in [2.75, 3.05) is 0 Å². The van der Waals surface area contributed by atoms with Gasteiger partial charge in [-0.2, -0.15) is 9.98 Å². The molecule has 4 nitrogen and oxygen atoms in total. The van der Waals surface area contributed by atoms with Gasteiger partial charge in [-0.15, -0.1) is 0 Å². The molecule has 0 unspecified atom stereocenters. The van der Waals surface area contributed by atoms with E-state index in [0.29, 0.717) is 11.4 Å². The van der Waals surface area contributed by atoms with Gasteiger partial charge in [0, 0.05) is 0 Å². The molecule has 0 saturated carbocycles. The summed E-state index contributed by atoms with van der Waals surface area (Å²) >= 11 is 0. The van der Waals surface area contributed by atoms with Gasteiger partial charge in [0.25, 0.3) is 0 Å². The zero-order chi connectivity index (χ0) is 10.6. The number of isocyanates is 2. The van der Waals surface area contributed by atoms with Gasteiger partial charge in [0.2, 0.25) is 12.2 Å². The highest BCUT2D eigenvalue weighted by atomic mass is 16.1. The molecule has 1 aromatic carbocycles. The average molecular weight is 188 g/mol. The molecule has 1 aromatic rings. The minimum atomic E-state index is 0.544. The van der Waals surface area contributed by atoms with Gasteiger partial charge >= 0.3 is 0 Å². The van der Waals surface area contributed by atoms with Crippen LogP contribution in [0.25, 0.3) is 0 Å². The van der Waals surface area contributed by atoms with Crippen LogP contribution < -0.4 is 0 Å². The van der Waals surface area contributed by atoms with Crippen molar-refractivity contribution in [2.24, 2.45) is 9.98 Å². The van der Waals surface area contributed by atoms with Crippen molar-refractivity contribution in [2.45, 2.75) is 13.8 Å². The number of aliphatic imine (C=N–C) groups is 2. The second-order valence-electron chi connectivity index (χ2n) is 2.83. The van der Waals surface area contributed by atoms with E-state index in [9.17, 15) is 9.59 Å². The molecule has 0 aliphatic heterocycles. The third-order valence-electron chi connectivity index (χ3n) is 1.85. The molecular formula is C10H8N2O2. The van der Waals surface area contributed by atoms with Crippen LogP contribution >= 0.6 is 0 Å². The highest BCUT2D eigenvalue weighted by Gasteiger charge is 2.02. The van der Waals surface area contributed by atoms with E-state index in [1.807, 2.05) is 0 Å². The molecule has 0 heterocycles. The minimum Gasteiger partial charge on any atom is -0.211 e. The van der Waals surface area contributed by atoms with E-state index >= 15 is 0 Å². The fraction of sp³-hybridized carbons (Fsp3) is 0.200. The van der Waals surface area contributed by atoms with E-state index in [4.69, 9.17) is 0 Å². The zero-order valence-corrected chi connectivity index (χ0v) is 7.87. The lowest BCUT2D eigenvalue weighted by molar-refractivity contribution is 0.564. The highest BCUT2D eigenvalue weighted by Crippen LogP contribution is 2.27. The Hall–Kier alpha value is -2.02. The number of hydrogen-bond donors (Lipinski definition) is 0. The third kappa shape index (κ3) is 2.02. The molecule has 0 bridgehead atoms. The summed E-state index contributed by atoms with van der Waals surface area (Å²) < 4.78 is 0. The van der Waals surface area contributed by atoms with Gasteiger partial charge in [-0.25, -0.2) is 9.59 Å². The van der Waals surface area contributed by atoms with Crippen LogP contribution in [0.5, 0.6) is 0 Å². The zero-order valence-electron chi connectivity index (χ0n) is 7.87. The Labute approximate surface area is 81.0 Å². The molecule has 0 N–H and O–H groups in total. The van der Waals surface area contributed by atoms with E-state index in [1.165, 1.54) is 12.2 Å². The Kier molecular flexibility index (Phi) is 3.08. The van der Waals surface area contributed by atoms with Crippen LogP contribution in [-0.2, 0) is 9.59 Å². The van der Waals surface area contributed by atoms with Gasteiger partial charge in [-0.3, -0.25) is 0 Å². The Bertz CT molecular complexity index is 410. The Morgan fingerprint density at radius 3 is 1.57 bits per heavy atom. The molecule has 0 aromatic heterocycles. The molecule has 1 rings (SSSR count). The second kappa shape index (κ2) is 4.28. The van der Waals surface area contributed by atoms with Crippen LogP contribution in [0.4, 0.5) is 11.4 Å². The maximum atomic E-state index is 10.1. The quantitative estimate of drug-likeness (QED) is 0.527. The maximum Gasteiger partial charge on any atom is 0.240 e.